The van der Waals surface area contributed by atoms with E-state index in [1.54, 1.807) is 41.5 Å². The minimum absolute atomic E-state index is 0.0785. The molecule has 1 N–H and O–H groups in total. The summed E-state index contributed by atoms with van der Waals surface area (Å²) in [6.45, 7) is 6.55. The fraction of sp³-hybridized carbons (Fsp3) is 0.480. The van der Waals surface area contributed by atoms with Crippen LogP contribution in [-0.2, 0) is 25.5 Å². The summed E-state index contributed by atoms with van der Waals surface area (Å²) < 4.78 is 5.10. The largest absolute Gasteiger partial charge is 0.466 e. The second-order valence-corrected chi connectivity index (χ2v) is 10.1. The zero-order valence-electron chi connectivity index (χ0n) is 20.7. The van der Waals surface area contributed by atoms with Crippen LogP contribution in [0.3, 0.4) is 0 Å². The van der Waals surface area contributed by atoms with Crippen LogP contribution in [0.1, 0.15) is 49.7 Å². The minimum atomic E-state index is -0.383. The summed E-state index contributed by atoms with van der Waals surface area (Å²) in [5.74, 6) is -1.34. The van der Waals surface area contributed by atoms with E-state index in [2.05, 4.69) is 10.3 Å². The van der Waals surface area contributed by atoms with Crippen molar-refractivity contribution in [2.24, 2.45) is 5.92 Å². The van der Waals surface area contributed by atoms with E-state index in [0.29, 0.717) is 47.5 Å². The molecule has 3 amide bonds. The molecule has 9 nitrogen and oxygen atoms in total. The van der Waals surface area contributed by atoms with Crippen molar-refractivity contribution in [2.75, 3.05) is 31.6 Å². The Bertz CT molecular complexity index is 1090. The predicted molar refractivity (Wildman–Crippen MR) is 138 cm³/mol. The molecule has 0 aliphatic carbocycles. The molecule has 36 heavy (non-hydrogen) atoms. The smallest absolute Gasteiger partial charge is 0.310 e. The van der Waals surface area contributed by atoms with Crippen molar-refractivity contribution in [3.05, 3.63) is 45.9 Å². The molecule has 0 saturated carbocycles. The lowest BCUT2D eigenvalue weighted by Gasteiger charge is -2.31. The molecule has 2 aromatic rings. The second-order valence-electron chi connectivity index (χ2n) is 8.83. The molecule has 1 atom stereocenters. The van der Waals surface area contributed by atoms with Gasteiger partial charge in [0.05, 0.1) is 24.6 Å². The van der Waals surface area contributed by atoms with Crippen LogP contribution in [-0.4, -0.2) is 70.8 Å². The van der Waals surface area contributed by atoms with E-state index < -0.39 is 0 Å². The molecule has 1 aromatic heterocycles. The molecule has 1 fully saturated rings. The standard InChI is InChI=1S/C25H31ClN4O5S/c1-4-35-24(34)18-6-5-11-29(13-18)22(32)12-20-15-36-25(27-20)28-21(31)14-30(16(2)3)23(33)17-7-9-19(26)10-8-17/h7-10,15-16,18H,4-6,11-14H2,1-3H3,(H,27,28,31). The fourth-order valence-corrected chi connectivity index (χ4v) is 4.78. The molecule has 0 radical (unpaired) electrons. The zero-order chi connectivity index (χ0) is 26.2. The molecule has 0 spiro atoms. The first-order valence-electron chi connectivity index (χ1n) is 11.9. The molecule has 1 aliphatic rings. The number of esters is 1. The maximum Gasteiger partial charge on any atom is 0.310 e. The van der Waals surface area contributed by atoms with Crippen molar-refractivity contribution in [1.29, 1.82) is 0 Å². The number of nitrogens with one attached hydrogen (secondary N) is 1. The van der Waals surface area contributed by atoms with Gasteiger partial charge < -0.3 is 19.9 Å². The van der Waals surface area contributed by atoms with Crippen LogP contribution in [0, 0.1) is 5.92 Å². The van der Waals surface area contributed by atoms with Gasteiger partial charge in [0.2, 0.25) is 11.8 Å². The molecule has 1 saturated heterocycles. The van der Waals surface area contributed by atoms with Gasteiger partial charge in [0, 0.05) is 35.1 Å². The Morgan fingerprint density at radius 3 is 2.64 bits per heavy atom. The predicted octanol–water partition coefficient (Wildman–Crippen LogP) is 3.63. The number of ether oxygens (including phenoxy) is 1. The van der Waals surface area contributed by atoms with Crippen LogP contribution in [0.4, 0.5) is 5.13 Å². The fourth-order valence-electron chi connectivity index (χ4n) is 3.93. The summed E-state index contributed by atoms with van der Waals surface area (Å²) in [5.41, 5.74) is 0.982. The summed E-state index contributed by atoms with van der Waals surface area (Å²) in [4.78, 5) is 57.9. The lowest BCUT2D eigenvalue weighted by molar-refractivity contribution is -0.151. The van der Waals surface area contributed by atoms with Gasteiger partial charge in [-0.2, -0.15) is 0 Å². The molecular formula is C25H31ClN4O5S. The highest BCUT2D eigenvalue weighted by Crippen LogP contribution is 2.21. The van der Waals surface area contributed by atoms with Crippen LogP contribution in [0.2, 0.25) is 5.02 Å². The first-order chi connectivity index (χ1) is 17.2. The third kappa shape index (κ3) is 7.51. The van der Waals surface area contributed by atoms with Crippen LogP contribution in [0.25, 0.3) is 0 Å². The number of benzene rings is 1. The van der Waals surface area contributed by atoms with Gasteiger partial charge in [-0.3, -0.25) is 19.2 Å². The van der Waals surface area contributed by atoms with Gasteiger partial charge in [0.15, 0.2) is 5.13 Å². The third-order valence-corrected chi connectivity index (χ3v) is 6.87. The first-order valence-corrected chi connectivity index (χ1v) is 13.2. The van der Waals surface area contributed by atoms with Gasteiger partial charge in [-0.25, -0.2) is 4.98 Å². The summed E-state index contributed by atoms with van der Waals surface area (Å²) in [6, 6.07) is 6.31. The monoisotopic (exact) mass is 534 g/mol. The number of carbonyl (C=O) groups excluding carboxylic acids is 4. The summed E-state index contributed by atoms with van der Waals surface area (Å²) in [6.07, 6.45) is 1.53. The van der Waals surface area contributed by atoms with Crippen LogP contribution in [0.5, 0.6) is 0 Å². The lowest BCUT2D eigenvalue weighted by atomic mass is 9.98. The molecule has 2 heterocycles. The maximum atomic E-state index is 12.9. The van der Waals surface area contributed by atoms with E-state index >= 15 is 0 Å². The molecule has 0 bridgehead atoms. The average molecular weight is 535 g/mol. The Labute approximate surface area is 219 Å². The lowest BCUT2D eigenvalue weighted by Crippen LogP contribution is -2.43. The van der Waals surface area contributed by atoms with Crippen molar-refractivity contribution < 1.29 is 23.9 Å². The van der Waals surface area contributed by atoms with Gasteiger partial charge in [0.1, 0.15) is 6.54 Å². The number of hydrogen-bond donors (Lipinski definition) is 1. The topological polar surface area (TPSA) is 109 Å². The summed E-state index contributed by atoms with van der Waals surface area (Å²) >= 11 is 7.12. The van der Waals surface area contributed by atoms with Gasteiger partial charge in [-0.1, -0.05) is 11.6 Å². The maximum absolute atomic E-state index is 12.9. The van der Waals surface area contributed by atoms with Crippen molar-refractivity contribution in [3.8, 4) is 0 Å². The third-order valence-electron chi connectivity index (χ3n) is 5.81. The summed E-state index contributed by atoms with van der Waals surface area (Å²) in [7, 11) is 0. The normalized spacial score (nSPS) is 15.5. The number of rotatable bonds is 9. The second kappa shape index (κ2) is 12.8. The number of anilines is 1. The Hall–Kier alpha value is -2.98. The number of thiazole rings is 1. The SMILES string of the molecule is CCOC(=O)C1CCCN(C(=O)Cc2csc(NC(=O)CN(C(=O)c3ccc(Cl)cc3)C(C)C)n2)C1. The van der Waals surface area contributed by atoms with Crippen LogP contribution >= 0.6 is 22.9 Å². The molecular weight excluding hydrogens is 504 g/mol. The van der Waals surface area contributed by atoms with Crippen molar-refractivity contribution in [1.82, 2.24) is 14.8 Å². The molecule has 1 unspecified atom stereocenters. The number of hydrogen-bond acceptors (Lipinski definition) is 7. The molecule has 3 rings (SSSR count). The highest BCUT2D eigenvalue weighted by atomic mass is 35.5. The van der Waals surface area contributed by atoms with Gasteiger partial charge >= 0.3 is 5.97 Å². The Kier molecular flexibility index (Phi) is 9.83. The van der Waals surface area contributed by atoms with E-state index in [0.717, 1.165) is 6.42 Å². The van der Waals surface area contributed by atoms with E-state index in [-0.39, 0.29) is 48.6 Å². The van der Waals surface area contributed by atoms with Crippen molar-refractivity contribution >= 4 is 51.8 Å². The minimum Gasteiger partial charge on any atom is -0.466 e. The number of piperidine rings is 1. The molecule has 194 valence electrons. The van der Waals surface area contributed by atoms with Crippen molar-refractivity contribution in [2.45, 2.75) is 46.1 Å². The van der Waals surface area contributed by atoms with E-state index in [4.69, 9.17) is 16.3 Å². The van der Waals surface area contributed by atoms with E-state index in [9.17, 15) is 19.2 Å². The average Bonchev–Trinajstić information content (AvgIpc) is 3.29. The number of aromatic nitrogens is 1. The summed E-state index contributed by atoms with van der Waals surface area (Å²) in [5, 5.41) is 5.32. The number of halogens is 1. The highest BCUT2D eigenvalue weighted by molar-refractivity contribution is 7.13. The molecule has 11 heteroatoms. The number of nitrogens with zero attached hydrogens (tertiary/aromatic N) is 3. The van der Waals surface area contributed by atoms with E-state index in [1.165, 1.54) is 16.2 Å². The quantitative estimate of drug-likeness (QED) is 0.492. The highest BCUT2D eigenvalue weighted by Gasteiger charge is 2.29. The van der Waals surface area contributed by atoms with Gasteiger partial charge in [-0.15, -0.1) is 11.3 Å². The van der Waals surface area contributed by atoms with Crippen molar-refractivity contribution in [3.63, 3.8) is 0 Å². The van der Waals surface area contributed by atoms with E-state index in [1.807, 2.05) is 13.8 Å². The number of carbonyl (C=O) groups is 4. The first kappa shape index (κ1) is 27.6. The van der Waals surface area contributed by atoms with Crippen LogP contribution in [0.15, 0.2) is 29.6 Å². The van der Waals surface area contributed by atoms with Crippen LogP contribution < -0.4 is 5.32 Å². The number of amides is 3. The van der Waals surface area contributed by atoms with Gasteiger partial charge in [0.25, 0.3) is 5.91 Å². The van der Waals surface area contributed by atoms with Gasteiger partial charge in [-0.05, 0) is 57.9 Å². The zero-order valence-corrected chi connectivity index (χ0v) is 22.2. The number of likely N-dealkylation sites (tertiary alicyclic amines) is 1. The Morgan fingerprint density at radius 2 is 1.97 bits per heavy atom. The Morgan fingerprint density at radius 1 is 1.25 bits per heavy atom. The Balaban J connectivity index is 1.55. The molecule has 1 aliphatic heterocycles. The molecule has 1 aromatic carbocycles.